The number of nitrogens with one attached hydrogen (secondary N) is 1. The predicted octanol–water partition coefficient (Wildman–Crippen LogP) is 7.63. The average molecular weight is 479 g/mol. The van der Waals surface area contributed by atoms with Crippen molar-refractivity contribution in [1.82, 2.24) is 9.78 Å². The van der Waals surface area contributed by atoms with Crippen LogP contribution in [0.1, 0.15) is 73.5 Å². The van der Waals surface area contributed by atoms with Gasteiger partial charge in [-0.2, -0.15) is 18.3 Å². The van der Waals surface area contributed by atoms with Crippen LogP contribution in [0.5, 0.6) is 0 Å². The molecule has 1 aliphatic rings. The first kappa shape index (κ1) is 24.2. The number of anilines is 1. The first-order valence-corrected chi connectivity index (χ1v) is 11.3. The zero-order chi connectivity index (χ0) is 24.6. The molecule has 4 rings (SSSR count). The summed E-state index contributed by atoms with van der Waals surface area (Å²) in [6, 6.07) is 6.67. The van der Waals surface area contributed by atoms with E-state index in [0.717, 1.165) is 37.8 Å². The van der Waals surface area contributed by atoms with Gasteiger partial charge in [0.05, 0.1) is 22.8 Å². The number of aromatic nitrogens is 2. The number of carbonyl (C=O) groups excluding carboxylic acids is 1. The van der Waals surface area contributed by atoms with E-state index >= 15 is 0 Å². The number of hydrogen-bond acceptors (Lipinski definition) is 2. The Bertz CT molecular complexity index is 1180. The third-order valence-electron chi connectivity index (χ3n) is 6.69. The standard InChI is InChI=1S/C25H26F5N3O/c1-14(2)15-6-8-19(9-7-15)33-13-17-11-22(20(23(26)27)12-21(17)32-33)31-24(34)16-4-3-5-18(10-16)25(28,29)30/h3-5,10-15,19,23H,6-9H2,1-2H3,(H,31,34). The van der Waals surface area contributed by atoms with Gasteiger partial charge in [-0.1, -0.05) is 19.9 Å². The summed E-state index contributed by atoms with van der Waals surface area (Å²) in [7, 11) is 0. The van der Waals surface area contributed by atoms with E-state index in [9.17, 15) is 26.7 Å². The first-order chi connectivity index (χ1) is 16.0. The number of halogens is 5. The molecular weight excluding hydrogens is 453 g/mol. The number of benzene rings is 2. The molecule has 1 saturated carbocycles. The number of fused-ring (bicyclic) bond motifs is 1. The molecule has 2 aromatic carbocycles. The van der Waals surface area contributed by atoms with Gasteiger partial charge in [-0.25, -0.2) is 8.78 Å². The molecule has 1 heterocycles. The SMILES string of the molecule is CC(C)C1CCC(n2cc3cc(NC(=O)c4cccc(C(F)(F)F)c4)c(C(F)F)cc3n2)CC1. The van der Waals surface area contributed by atoms with Gasteiger partial charge < -0.3 is 5.32 Å². The van der Waals surface area contributed by atoms with E-state index in [1.54, 1.807) is 6.20 Å². The highest BCUT2D eigenvalue weighted by molar-refractivity contribution is 6.05. The third-order valence-corrected chi connectivity index (χ3v) is 6.69. The molecule has 1 fully saturated rings. The highest BCUT2D eigenvalue weighted by Gasteiger charge is 2.31. The van der Waals surface area contributed by atoms with E-state index in [4.69, 9.17) is 0 Å². The zero-order valence-electron chi connectivity index (χ0n) is 18.9. The Morgan fingerprint density at radius 1 is 1.09 bits per heavy atom. The number of amides is 1. The molecule has 0 unspecified atom stereocenters. The maximum absolute atomic E-state index is 13.8. The van der Waals surface area contributed by atoms with Crippen molar-refractivity contribution in [1.29, 1.82) is 0 Å². The molecule has 34 heavy (non-hydrogen) atoms. The summed E-state index contributed by atoms with van der Waals surface area (Å²) in [5, 5.41) is 7.45. The Morgan fingerprint density at radius 2 is 1.79 bits per heavy atom. The zero-order valence-corrected chi connectivity index (χ0v) is 18.9. The normalized spacial score (nSPS) is 19.2. The smallest absolute Gasteiger partial charge is 0.322 e. The van der Waals surface area contributed by atoms with Crippen molar-refractivity contribution in [2.24, 2.45) is 11.8 Å². The van der Waals surface area contributed by atoms with E-state index in [1.807, 2.05) is 4.68 Å². The van der Waals surface area contributed by atoms with E-state index in [0.29, 0.717) is 28.8 Å². The number of alkyl halides is 5. The fourth-order valence-electron chi connectivity index (χ4n) is 4.65. The maximum atomic E-state index is 13.8. The lowest BCUT2D eigenvalue weighted by atomic mass is 9.80. The lowest BCUT2D eigenvalue weighted by Gasteiger charge is -2.30. The van der Waals surface area contributed by atoms with Crippen molar-refractivity contribution < 1.29 is 26.7 Å². The first-order valence-electron chi connectivity index (χ1n) is 11.3. The Balaban J connectivity index is 1.60. The molecule has 0 atom stereocenters. The van der Waals surface area contributed by atoms with Gasteiger partial charge in [0.25, 0.3) is 12.3 Å². The average Bonchev–Trinajstić information content (AvgIpc) is 3.21. The second-order valence-corrected chi connectivity index (χ2v) is 9.25. The molecule has 1 N–H and O–H groups in total. The molecule has 0 saturated heterocycles. The topological polar surface area (TPSA) is 46.9 Å². The van der Waals surface area contributed by atoms with Crippen LogP contribution in [0.2, 0.25) is 0 Å². The summed E-state index contributed by atoms with van der Waals surface area (Å²) >= 11 is 0. The predicted molar refractivity (Wildman–Crippen MR) is 120 cm³/mol. The Kier molecular flexibility index (Phi) is 6.64. The highest BCUT2D eigenvalue weighted by atomic mass is 19.4. The lowest BCUT2D eigenvalue weighted by molar-refractivity contribution is -0.137. The maximum Gasteiger partial charge on any atom is 0.416 e. The molecule has 0 bridgehead atoms. The number of nitrogens with zero attached hydrogens (tertiary/aromatic N) is 2. The Morgan fingerprint density at radius 3 is 2.41 bits per heavy atom. The van der Waals surface area contributed by atoms with Gasteiger partial charge in [-0.15, -0.1) is 0 Å². The molecule has 3 aromatic rings. The van der Waals surface area contributed by atoms with E-state index in [2.05, 4.69) is 24.3 Å². The largest absolute Gasteiger partial charge is 0.416 e. The van der Waals surface area contributed by atoms with Crippen LogP contribution < -0.4 is 5.32 Å². The molecule has 1 aromatic heterocycles. The van der Waals surface area contributed by atoms with Crippen LogP contribution in [0.15, 0.2) is 42.6 Å². The molecule has 0 aliphatic heterocycles. The van der Waals surface area contributed by atoms with E-state index in [-0.39, 0.29) is 17.3 Å². The molecule has 1 amide bonds. The Labute approximate surface area is 194 Å². The minimum Gasteiger partial charge on any atom is -0.322 e. The van der Waals surface area contributed by atoms with Crippen LogP contribution in [0.4, 0.5) is 27.6 Å². The second-order valence-electron chi connectivity index (χ2n) is 9.25. The van der Waals surface area contributed by atoms with Crippen molar-refractivity contribution in [2.45, 2.75) is 58.2 Å². The van der Waals surface area contributed by atoms with Gasteiger partial charge in [-0.3, -0.25) is 9.48 Å². The van der Waals surface area contributed by atoms with Crippen molar-refractivity contribution in [3.05, 3.63) is 59.3 Å². The highest BCUT2D eigenvalue weighted by Crippen LogP contribution is 2.37. The molecule has 4 nitrogen and oxygen atoms in total. The fourth-order valence-corrected chi connectivity index (χ4v) is 4.65. The quantitative estimate of drug-likeness (QED) is 0.383. The van der Waals surface area contributed by atoms with Crippen molar-refractivity contribution >= 4 is 22.5 Å². The van der Waals surface area contributed by atoms with Crippen LogP contribution in [0, 0.1) is 11.8 Å². The Hall–Kier alpha value is -2.97. The summed E-state index contributed by atoms with van der Waals surface area (Å²) in [5.41, 5.74) is -1.45. The van der Waals surface area contributed by atoms with Crippen molar-refractivity contribution in [2.75, 3.05) is 5.32 Å². The minimum absolute atomic E-state index is 0.145. The van der Waals surface area contributed by atoms with Gasteiger partial charge in [0.1, 0.15) is 0 Å². The van der Waals surface area contributed by atoms with Crippen LogP contribution in [-0.4, -0.2) is 15.7 Å². The number of rotatable bonds is 5. The molecule has 0 spiro atoms. The van der Waals surface area contributed by atoms with Gasteiger partial charge in [-0.05, 0) is 67.9 Å². The molecular formula is C25H26F5N3O. The molecule has 0 radical (unpaired) electrons. The van der Waals surface area contributed by atoms with Crippen molar-refractivity contribution in [3.8, 4) is 0 Å². The second kappa shape index (κ2) is 9.35. The summed E-state index contributed by atoms with van der Waals surface area (Å²) in [6.07, 6.45) is -1.65. The van der Waals surface area contributed by atoms with E-state index in [1.165, 1.54) is 18.2 Å². The number of carbonyl (C=O) groups is 1. The molecule has 9 heteroatoms. The summed E-state index contributed by atoms with van der Waals surface area (Å²) in [6.45, 7) is 4.43. The van der Waals surface area contributed by atoms with Gasteiger partial charge in [0.2, 0.25) is 0 Å². The fraction of sp³-hybridized carbons (Fsp3) is 0.440. The van der Waals surface area contributed by atoms with E-state index < -0.39 is 29.6 Å². The van der Waals surface area contributed by atoms with Crippen molar-refractivity contribution in [3.63, 3.8) is 0 Å². The molecule has 182 valence electrons. The third kappa shape index (κ3) is 5.08. The van der Waals surface area contributed by atoms with Gasteiger partial charge in [0.15, 0.2) is 0 Å². The van der Waals surface area contributed by atoms with Crippen LogP contribution in [0.3, 0.4) is 0 Å². The van der Waals surface area contributed by atoms with Gasteiger partial charge in [0, 0.05) is 22.7 Å². The van der Waals surface area contributed by atoms with Crippen LogP contribution >= 0.6 is 0 Å². The summed E-state index contributed by atoms with van der Waals surface area (Å²) in [5.74, 6) is 0.394. The molecule has 1 aliphatic carbocycles. The van der Waals surface area contributed by atoms with Crippen LogP contribution in [-0.2, 0) is 6.18 Å². The van der Waals surface area contributed by atoms with Crippen LogP contribution in [0.25, 0.3) is 10.9 Å². The monoisotopic (exact) mass is 479 g/mol. The minimum atomic E-state index is -4.62. The summed E-state index contributed by atoms with van der Waals surface area (Å²) < 4.78 is 68.3. The summed E-state index contributed by atoms with van der Waals surface area (Å²) in [4.78, 5) is 12.6. The number of hydrogen-bond donors (Lipinski definition) is 1. The van der Waals surface area contributed by atoms with Gasteiger partial charge >= 0.3 is 6.18 Å². The lowest BCUT2D eigenvalue weighted by Crippen LogP contribution is -2.21.